The molecule has 28 heavy (non-hydrogen) atoms. The lowest BCUT2D eigenvalue weighted by Crippen LogP contribution is -2.16. The van der Waals surface area contributed by atoms with Gasteiger partial charge in [0.05, 0.1) is 19.8 Å². The number of aryl methyl sites for hydroxylation is 1. The monoisotopic (exact) mass is 396 g/mol. The zero-order valence-electron chi connectivity index (χ0n) is 15.7. The molecule has 0 bridgehead atoms. The van der Waals surface area contributed by atoms with Crippen molar-refractivity contribution in [2.24, 2.45) is 0 Å². The summed E-state index contributed by atoms with van der Waals surface area (Å²) in [5, 5.41) is 12.6. The number of esters is 1. The molecular formula is C21H20N2O4S. The lowest BCUT2D eigenvalue weighted by Gasteiger charge is -2.11. The summed E-state index contributed by atoms with van der Waals surface area (Å²) in [5.74, 6) is -0.332. The molecule has 1 heterocycles. The minimum absolute atomic E-state index is 0.0487. The number of methoxy groups -OCH3 is 2. The van der Waals surface area contributed by atoms with Gasteiger partial charge in [-0.2, -0.15) is 5.26 Å². The van der Waals surface area contributed by atoms with Crippen molar-refractivity contribution in [3.63, 3.8) is 0 Å². The maximum Gasteiger partial charge on any atom is 0.341 e. The molecule has 1 amide bonds. The van der Waals surface area contributed by atoms with E-state index < -0.39 is 11.9 Å². The molecule has 1 aliphatic carbocycles. The SMILES string of the molecule is COC(=O)c1c(NC(=O)/C(C#N)=C/c2ccc(OC)cc2)sc2c1CCCC2. The van der Waals surface area contributed by atoms with Gasteiger partial charge in [-0.3, -0.25) is 4.79 Å². The number of nitrogens with one attached hydrogen (secondary N) is 1. The van der Waals surface area contributed by atoms with Crippen LogP contribution in [0.4, 0.5) is 5.00 Å². The number of amides is 1. The van der Waals surface area contributed by atoms with Crippen LogP contribution in [0.5, 0.6) is 5.75 Å². The predicted molar refractivity (Wildman–Crippen MR) is 108 cm³/mol. The molecule has 7 heteroatoms. The van der Waals surface area contributed by atoms with Gasteiger partial charge in [-0.1, -0.05) is 12.1 Å². The van der Waals surface area contributed by atoms with Crippen LogP contribution >= 0.6 is 11.3 Å². The highest BCUT2D eigenvalue weighted by molar-refractivity contribution is 7.17. The molecule has 0 saturated heterocycles. The van der Waals surface area contributed by atoms with Gasteiger partial charge < -0.3 is 14.8 Å². The zero-order chi connectivity index (χ0) is 20.1. The van der Waals surface area contributed by atoms with E-state index in [2.05, 4.69) is 5.32 Å². The van der Waals surface area contributed by atoms with Crippen molar-refractivity contribution in [2.45, 2.75) is 25.7 Å². The van der Waals surface area contributed by atoms with E-state index in [1.54, 1.807) is 31.4 Å². The van der Waals surface area contributed by atoms with Gasteiger partial charge in [0.2, 0.25) is 0 Å². The summed E-state index contributed by atoms with van der Waals surface area (Å²) in [5.41, 5.74) is 2.02. The first-order valence-corrected chi connectivity index (χ1v) is 9.69. The summed E-state index contributed by atoms with van der Waals surface area (Å²) < 4.78 is 10.0. The molecule has 6 nitrogen and oxygen atoms in total. The molecule has 0 aliphatic heterocycles. The topological polar surface area (TPSA) is 88.4 Å². The first-order chi connectivity index (χ1) is 13.6. The second kappa shape index (κ2) is 8.72. The van der Waals surface area contributed by atoms with Crippen molar-refractivity contribution >= 4 is 34.3 Å². The predicted octanol–water partition coefficient (Wildman–Crippen LogP) is 3.97. The third-order valence-corrected chi connectivity index (χ3v) is 5.79. The van der Waals surface area contributed by atoms with Gasteiger partial charge in [0.15, 0.2) is 0 Å². The lowest BCUT2D eigenvalue weighted by atomic mass is 9.95. The number of carbonyl (C=O) groups excluding carboxylic acids is 2. The molecule has 2 aromatic rings. The Kier molecular flexibility index (Phi) is 6.12. The average Bonchev–Trinajstić information content (AvgIpc) is 3.09. The summed E-state index contributed by atoms with van der Waals surface area (Å²) in [4.78, 5) is 26.1. The number of hydrogen-bond acceptors (Lipinski definition) is 6. The number of benzene rings is 1. The zero-order valence-corrected chi connectivity index (χ0v) is 16.5. The second-order valence-corrected chi connectivity index (χ2v) is 7.41. The van der Waals surface area contributed by atoms with Crippen molar-refractivity contribution in [3.8, 4) is 11.8 Å². The van der Waals surface area contributed by atoms with Crippen LogP contribution in [-0.4, -0.2) is 26.1 Å². The minimum Gasteiger partial charge on any atom is -0.497 e. The van der Waals surface area contributed by atoms with Crippen molar-refractivity contribution in [1.29, 1.82) is 5.26 Å². The highest BCUT2D eigenvalue weighted by atomic mass is 32.1. The van der Waals surface area contributed by atoms with Gasteiger partial charge >= 0.3 is 5.97 Å². The molecule has 0 radical (unpaired) electrons. The van der Waals surface area contributed by atoms with E-state index >= 15 is 0 Å². The van der Waals surface area contributed by atoms with Crippen LogP contribution in [0.15, 0.2) is 29.8 Å². The Morgan fingerprint density at radius 1 is 1.18 bits per heavy atom. The molecule has 0 saturated carbocycles. The molecule has 1 aromatic carbocycles. The van der Waals surface area contributed by atoms with Gasteiger partial charge in [0.25, 0.3) is 5.91 Å². The van der Waals surface area contributed by atoms with Crippen LogP contribution in [0.1, 0.15) is 39.2 Å². The standard InChI is InChI=1S/C21H20N2O4S/c1-26-15-9-7-13(8-10-15)11-14(12-22)19(24)23-20-18(21(25)27-2)16-5-3-4-6-17(16)28-20/h7-11H,3-6H2,1-2H3,(H,23,24)/b14-11+. The number of rotatable bonds is 5. The van der Waals surface area contributed by atoms with Gasteiger partial charge in [0, 0.05) is 4.88 Å². The molecule has 1 N–H and O–H groups in total. The van der Waals surface area contributed by atoms with E-state index in [9.17, 15) is 14.9 Å². The number of fused-ring (bicyclic) bond motifs is 1. The van der Waals surface area contributed by atoms with E-state index in [1.807, 2.05) is 6.07 Å². The number of thiophene rings is 1. The van der Waals surface area contributed by atoms with Gasteiger partial charge in [-0.25, -0.2) is 4.79 Å². The molecule has 1 aliphatic rings. The summed E-state index contributed by atoms with van der Waals surface area (Å²) >= 11 is 1.39. The average molecular weight is 396 g/mol. The van der Waals surface area contributed by atoms with Crippen molar-refractivity contribution in [1.82, 2.24) is 0 Å². The fourth-order valence-corrected chi connectivity index (χ4v) is 4.43. The molecule has 1 aromatic heterocycles. The number of nitrogens with zero attached hydrogens (tertiary/aromatic N) is 1. The van der Waals surface area contributed by atoms with Crippen LogP contribution < -0.4 is 10.1 Å². The van der Waals surface area contributed by atoms with Crippen LogP contribution in [-0.2, 0) is 22.4 Å². The Balaban J connectivity index is 1.88. The van der Waals surface area contributed by atoms with Crippen molar-refractivity contribution in [2.75, 3.05) is 19.5 Å². The Morgan fingerprint density at radius 2 is 1.89 bits per heavy atom. The molecule has 0 atom stereocenters. The van der Waals surface area contributed by atoms with Crippen LogP contribution in [0.2, 0.25) is 0 Å². The third kappa shape index (κ3) is 4.07. The molecular weight excluding hydrogens is 376 g/mol. The van der Waals surface area contributed by atoms with Crippen LogP contribution in [0.3, 0.4) is 0 Å². The fraction of sp³-hybridized carbons (Fsp3) is 0.286. The summed E-state index contributed by atoms with van der Waals surface area (Å²) in [6.07, 6.45) is 5.23. The number of ether oxygens (including phenoxy) is 2. The van der Waals surface area contributed by atoms with Gasteiger partial charge in [-0.15, -0.1) is 11.3 Å². The highest BCUT2D eigenvalue weighted by Crippen LogP contribution is 2.38. The molecule has 0 fully saturated rings. The van der Waals surface area contributed by atoms with E-state index in [0.717, 1.165) is 36.1 Å². The molecule has 0 unspecified atom stereocenters. The third-order valence-electron chi connectivity index (χ3n) is 4.58. The highest BCUT2D eigenvalue weighted by Gasteiger charge is 2.27. The minimum atomic E-state index is -0.554. The summed E-state index contributed by atoms with van der Waals surface area (Å²) in [6, 6.07) is 8.95. The Labute approximate surface area is 167 Å². The quantitative estimate of drug-likeness (QED) is 0.469. The van der Waals surface area contributed by atoms with Crippen molar-refractivity contribution in [3.05, 3.63) is 51.4 Å². The van der Waals surface area contributed by atoms with Gasteiger partial charge in [0.1, 0.15) is 22.4 Å². The molecule has 0 spiro atoms. The first-order valence-electron chi connectivity index (χ1n) is 8.87. The smallest absolute Gasteiger partial charge is 0.341 e. The number of hydrogen-bond donors (Lipinski definition) is 1. The van der Waals surface area contributed by atoms with Crippen LogP contribution in [0, 0.1) is 11.3 Å². The molecule has 144 valence electrons. The Hall–Kier alpha value is -3.11. The summed E-state index contributed by atoms with van der Waals surface area (Å²) in [7, 11) is 2.89. The van der Waals surface area contributed by atoms with Crippen LogP contribution in [0.25, 0.3) is 6.08 Å². The number of anilines is 1. The Bertz CT molecular complexity index is 968. The van der Waals surface area contributed by atoms with Crippen molar-refractivity contribution < 1.29 is 19.1 Å². The fourth-order valence-electron chi connectivity index (χ4n) is 3.16. The summed E-state index contributed by atoms with van der Waals surface area (Å²) in [6.45, 7) is 0. The maximum atomic E-state index is 12.7. The largest absolute Gasteiger partial charge is 0.497 e. The number of nitriles is 1. The lowest BCUT2D eigenvalue weighted by molar-refractivity contribution is -0.112. The Morgan fingerprint density at radius 3 is 2.54 bits per heavy atom. The van der Waals surface area contributed by atoms with E-state index in [0.29, 0.717) is 21.9 Å². The second-order valence-electron chi connectivity index (χ2n) is 6.30. The van der Waals surface area contributed by atoms with E-state index in [4.69, 9.17) is 9.47 Å². The van der Waals surface area contributed by atoms with Gasteiger partial charge in [-0.05, 0) is 55.0 Å². The number of carbonyl (C=O) groups is 2. The normalized spacial score (nSPS) is 13.2. The van der Waals surface area contributed by atoms with E-state index in [1.165, 1.54) is 24.5 Å². The maximum absolute atomic E-state index is 12.7. The molecule has 3 rings (SSSR count). The first kappa shape index (κ1) is 19.6. The van der Waals surface area contributed by atoms with E-state index in [-0.39, 0.29) is 5.57 Å².